The predicted octanol–water partition coefficient (Wildman–Crippen LogP) is 2.78. The number of carbonyl (C=O) groups is 1. The Bertz CT molecular complexity index is 1290. The second-order valence-corrected chi connectivity index (χ2v) is 6.39. The van der Waals surface area contributed by atoms with E-state index in [4.69, 9.17) is 4.74 Å². The highest BCUT2D eigenvalue weighted by Crippen LogP contribution is 2.33. The predicted molar refractivity (Wildman–Crippen MR) is 106 cm³/mol. The number of fused-ring (bicyclic) bond motifs is 1. The second kappa shape index (κ2) is 7.19. The Kier molecular flexibility index (Phi) is 4.55. The number of aromatic amines is 2. The van der Waals surface area contributed by atoms with E-state index in [0.29, 0.717) is 29.3 Å². The number of nitrogens with one attached hydrogen (secondary N) is 2. The van der Waals surface area contributed by atoms with Crippen molar-refractivity contribution in [3.63, 3.8) is 0 Å². The van der Waals surface area contributed by atoms with E-state index in [-0.39, 0.29) is 16.7 Å². The van der Waals surface area contributed by atoms with E-state index >= 15 is 0 Å². The van der Waals surface area contributed by atoms with Crippen molar-refractivity contribution in [1.29, 1.82) is 0 Å². The molecule has 0 aliphatic carbocycles. The number of carboxylic acids is 1. The summed E-state index contributed by atoms with van der Waals surface area (Å²) in [7, 11) is 0. The number of rotatable bonds is 5. The Morgan fingerprint density at radius 1 is 1.14 bits per heavy atom. The molecule has 0 amide bonds. The van der Waals surface area contributed by atoms with Crippen LogP contribution in [-0.4, -0.2) is 43.1 Å². The molecule has 4 rings (SSSR count). The van der Waals surface area contributed by atoms with Crippen molar-refractivity contribution in [2.24, 2.45) is 0 Å². The molecule has 0 radical (unpaired) electrons. The fourth-order valence-corrected chi connectivity index (χ4v) is 3.09. The summed E-state index contributed by atoms with van der Waals surface area (Å²) in [5.74, 6) is -0.163. The smallest absolute Gasteiger partial charge is 0.335 e. The van der Waals surface area contributed by atoms with Gasteiger partial charge in [0.05, 0.1) is 17.7 Å². The normalized spacial score (nSPS) is 11.0. The van der Waals surface area contributed by atoms with Gasteiger partial charge < -0.3 is 14.8 Å². The van der Waals surface area contributed by atoms with Crippen molar-refractivity contribution in [2.75, 3.05) is 6.61 Å². The van der Waals surface area contributed by atoms with E-state index in [1.54, 1.807) is 31.2 Å². The topological polar surface area (TPSA) is 134 Å². The first kappa shape index (κ1) is 18.4. The number of hydrogen-bond acceptors (Lipinski definition) is 6. The van der Waals surface area contributed by atoms with E-state index in [0.717, 1.165) is 11.1 Å². The highest BCUT2D eigenvalue weighted by atomic mass is 16.5. The van der Waals surface area contributed by atoms with Crippen molar-refractivity contribution in [3.05, 3.63) is 57.9 Å². The summed E-state index contributed by atoms with van der Waals surface area (Å²) < 4.78 is 5.77. The zero-order chi connectivity index (χ0) is 20.5. The lowest BCUT2D eigenvalue weighted by atomic mass is 9.98. The Morgan fingerprint density at radius 2 is 1.90 bits per heavy atom. The van der Waals surface area contributed by atoms with E-state index in [1.807, 2.05) is 19.1 Å². The number of aryl methyl sites for hydroxylation is 1. The van der Waals surface area contributed by atoms with Gasteiger partial charge in [0.1, 0.15) is 11.6 Å². The summed E-state index contributed by atoms with van der Waals surface area (Å²) in [5.41, 5.74) is 2.97. The van der Waals surface area contributed by atoms with Crippen LogP contribution in [0.5, 0.6) is 5.75 Å². The maximum Gasteiger partial charge on any atom is 0.335 e. The van der Waals surface area contributed by atoms with Crippen LogP contribution < -0.4 is 10.3 Å². The van der Waals surface area contributed by atoms with Gasteiger partial charge in [-0.25, -0.2) is 9.78 Å². The van der Waals surface area contributed by atoms with Gasteiger partial charge >= 0.3 is 5.97 Å². The zero-order valence-corrected chi connectivity index (χ0v) is 15.7. The zero-order valence-electron chi connectivity index (χ0n) is 15.7. The minimum atomic E-state index is -0.978. The van der Waals surface area contributed by atoms with Crippen molar-refractivity contribution in [1.82, 2.24) is 25.4 Å². The molecular weight excluding hydrogens is 374 g/mol. The first-order valence-electron chi connectivity index (χ1n) is 8.90. The molecule has 0 atom stereocenters. The summed E-state index contributed by atoms with van der Waals surface area (Å²) >= 11 is 0. The lowest BCUT2D eigenvalue weighted by Crippen LogP contribution is -2.10. The number of ether oxygens (including phenoxy) is 1. The summed E-state index contributed by atoms with van der Waals surface area (Å²) in [5, 5.41) is 19.4. The number of aromatic nitrogens is 5. The van der Waals surface area contributed by atoms with Gasteiger partial charge in [0.15, 0.2) is 5.52 Å². The third-order valence-electron chi connectivity index (χ3n) is 4.53. The molecule has 0 aliphatic rings. The van der Waals surface area contributed by atoms with E-state index < -0.39 is 11.5 Å². The first-order chi connectivity index (χ1) is 14.0. The lowest BCUT2D eigenvalue weighted by Gasteiger charge is -2.13. The summed E-state index contributed by atoms with van der Waals surface area (Å²) in [6.45, 7) is 4.01. The molecule has 2 aromatic carbocycles. The Morgan fingerprint density at radius 3 is 2.66 bits per heavy atom. The van der Waals surface area contributed by atoms with Gasteiger partial charge in [0.25, 0.3) is 5.56 Å². The van der Waals surface area contributed by atoms with Gasteiger partial charge in [-0.3, -0.25) is 4.79 Å². The fourth-order valence-electron chi connectivity index (χ4n) is 3.09. The lowest BCUT2D eigenvalue weighted by molar-refractivity contribution is 0.0696. The number of nitrogens with zero attached hydrogens (tertiary/aromatic N) is 3. The summed E-state index contributed by atoms with van der Waals surface area (Å²) in [4.78, 5) is 30.7. The minimum absolute atomic E-state index is 0.129. The van der Waals surface area contributed by atoms with Gasteiger partial charge in [-0.2, -0.15) is 5.21 Å². The molecule has 9 nitrogen and oxygen atoms in total. The maximum atomic E-state index is 12.2. The van der Waals surface area contributed by atoms with Crippen LogP contribution in [0, 0.1) is 6.92 Å². The largest absolute Gasteiger partial charge is 0.493 e. The highest BCUT2D eigenvalue weighted by Gasteiger charge is 2.15. The number of aromatic carboxylic acids is 1. The van der Waals surface area contributed by atoms with Gasteiger partial charge in [0, 0.05) is 0 Å². The van der Waals surface area contributed by atoms with Crippen LogP contribution >= 0.6 is 0 Å². The van der Waals surface area contributed by atoms with Gasteiger partial charge in [-0.05, 0) is 48.7 Å². The Hall–Kier alpha value is -4.01. The van der Waals surface area contributed by atoms with Crippen LogP contribution in [0.15, 0.2) is 41.2 Å². The molecule has 3 N–H and O–H groups in total. The van der Waals surface area contributed by atoms with Crippen LogP contribution in [0.4, 0.5) is 0 Å². The maximum absolute atomic E-state index is 12.2. The minimum Gasteiger partial charge on any atom is -0.493 e. The molecular formula is C20H17N5O4. The van der Waals surface area contributed by atoms with Crippen LogP contribution in [0.1, 0.15) is 22.8 Å². The summed E-state index contributed by atoms with van der Waals surface area (Å²) in [6, 6.07) is 10.6. The molecule has 0 fully saturated rings. The fraction of sp³-hybridized carbons (Fsp3) is 0.150. The molecule has 2 aromatic heterocycles. The van der Waals surface area contributed by atoms with Crippen molar-refractivity contribution >= 4 is 17.1 Å². The van der Waals surface area contributed by atoms with Gasteiger partial charge in [-0.15, -0.1) is 10.2 Å². The SMILES string of the molecule is CCOc1cc(-c2ccc(C)c(C(=O)O)c2)ccc1-c1nc2n[nH]nc2c(=O)[nH]1. The number of benzene rings is 2. The highest BCUT2D eigenvalue weighted by molar-refractivity contribution is 5.91. The van der Waals surface area contributed by atoms with Crippen molar-refractivity contribution in [2.45, 2.75) is 13.8 Å². The quantitative estimate of drug-likeness (QED) is 0.476. The molecule has 0 unspecified atom stereocenters. The average molecular weight is 391 g/mol. The van der Waals surface area contributed by atoms with Crippen molar-refractivity contribution < 1.29 is 14.6 Å². The van der Waals surface area contributed by atoms with Crippen LogP contribution in [-0.2, 0) is 0 Å². The third-order valence-corrected chi connectivity index (χ3v) is 4.53. The van der Waals surface area contributed by atoms with E-state index in [2.05, 4.69) is 25.4 Å². The van der Waals surface area contributed by atoms with Crippen molar-refractivity contribution in [3.8, 4) is 28.3 Å². The Labute approximate surface area is 164 Å². The first-order valence-corrected chi connectivity index (χ1v) is 8.90. The number of carboxylic acid groups (broad SMARTS) is 1. The molecule has 0 spiro atoms. The number of hydrogen-bond donors (Lipinski definition) is 3. The van der Waals surface area contributed by atoms with Crippen LogP contribution in [0.25, 0.3) is 33.7 Å². The van der Waals surface area contributed by atoms with Gasteiger partial charge in [0.2, 0.25) is 5.65 Å². The third kappa shape index (κ3) is 3.33. The molecule has 2 heterocycles. The average Bonchev–Trinajstić information content (AvgIpc) is 3.17. The molecule has 146 valence electrons. The monoisotopic (exact) mass is 391 g/mol. The van der Waals surface area contributed by atoms with E-state index in [1.165, 1.54) is 0 Å². The molecule has 29 heavy (non-hydrogen) atoms. The second-order valence-electron chi connectivity index (χ2n) is 6.39. The molecule has 0 bridgehead atoms. The summed E-state index contributed by atoms with van der Waals surface area (Å²) in [6.07, 6.45) is 0. The van der Waals surface area contributed by atoms with Crippen LogP contribution in [0.3, 0.4) is 0 Å². The number of H-pyrrole nitrogens is 2. The molecule has 0 aliphatic heterocycles. The Balaban J connectivity index is 1.84. The molecule has 9 heteroatoms. The standard InChI is InChI=1S/C20H17N5O4/c1-3-29-15-9-12(11-5-4-10(2)14(8-11)20(27)28)6-7-13(15)17-21-18-16(19(26)22-17)23-25-24-18/h4-9H,3H2,1-2H3,(H,27,28)(H2,21,22,23,24,25,26). The molecule has 0 saturated heterocycles. The molecule has 0 saturated carbocycles. The van der Waals surface area contributed by atoms with E-state index in [9.17, 15) is 14.7 Å². The molecule has 4 aromatic rings. The van der Waals surface area contributed by atoms with Crippen LogP contribution in [0.2, 0.25) is 0 Å². The van der Waals surface area contributed by atoms with Gasteiger partial charge in [-0.1, -0.05) is 18.2 Å².